The summed E-state index contributed by atoms with van der Waals surface area (Å²) < 4.78 is 11.4. The van der Waals surface area contributed by atoms with Gasteiger partial charge in [-0.3, -0.25) is 4.90 Å². The highest BCUT2D eigenvalue weighted by Gasteiger charge is 2.23. The third-order valence-corrected chi connectivity index (χ3v) is 7.13. The number of ether oxygens (including phenoxy) is 2. The van der Waals surface area contributed by atoms with Crippen LogP contribution < -0.4 is 10.2 Å². The van der Waals surface area contributed by atoms with Gasteiger partial charge < -0.3 is 24.6 Å². The fourth-order valence-electron chi connectivity index (χ4n) is 4.90. The topological polar surface area (TPSA) is 66.0 Å². The quantitative estimate of drug-likeness (QED) is 0.625. The third-order valence-electron chi connectivity index (χ3n) is 7.13. The van der Waals surface area contributed by atoms with Gasteiger partial charge in [0, 0.05) is 69.0 Å². The minimum absolute atomic E-state index is 0.184. The Balaban J connectivity index is 1.29. The van der Waals surface area contributed by atoms with E-state index in [0.717, 1.165) is 107 Å². The SMILES string of the molecule is CC1Cc2nc(-c3ccc(N4CCN(C)CC4)cc3)nc(NCCCN3CCOCC3)c2CO1. The molecule has 184 valence electrons. The molecule has 2 saturated heterocycles. The Bertz CT molecular complexity index is 939. The molecule has 1 atom stereocenters. The second-order valence-corrected chi connectivity index (χ2v) is 9.72. The molecule has 34 heavy (non-hydrogen) atoms. The van der Waals surface area contributed by atoms with Crippen molar-refractivity contribution in [3.05, 3.63) is 35.5 Å². The highest BCUT2D eigenvalue weighted by molar-refractivity contribution is 5.63. The Labute approximate surface area is 203 Å². The maximum atomic E-state index is 5.93. The van der Waals surface area contributed by atoms with Crippen molar-refractivity contribution >= 4 is 11.5 Å². The Hall–Kier alpha value is -2.26. The molecule has 0 saturated carbocycles. The van der Waals surface area contributed by atoms with Gasteiger partial charge in [0.05, 0.1) is 31.6 Å². The van der Waals surface area contributed by atoms with Gasteiger partial charge in [0.1, 0.15) is 5.82 Å². The lowest BCUT2D eigenvalue weighted by molar-refractivity contribution is 0.0377. The summed E-state index contributed by atoms with van der Waals surface area (Å²) in [6, 6.07) is 8.76. The second-order valence-electron chi connectivity index (χ2n) is 9.72. The first kappa shape index (κ1) is 23.5. The Morgan fingerprint density at radius 2 is 1.76 bits per heavy atom. The lowest BCUT2D eigenvalue weighted by atomic mass is 10.1. The summed E-state index contributed by atoms with van der Waals surface area (Å²) in [7, 11) is 2.19. The van der Waals surface area contributed by atoms with Gasteiger partial charge in [-0.25, -0.2) is 9.97 Å². The fraction of sp³-hybridized carbons (Fsp3) is 0.615. The zero-order valence-electron chi connectivity index (χ0n) is 20.6. The van der Waals surface area contributed by atoms with Gasteiger partial charge in [-0.15, -0.1) is 0 Å². The van der Waals surface area contributed by atoms with Crippen LogP contribution in [0.1, 0.15) is 24.6 Å². The number of aromatic nitrogens is 2. The van der Waals surface area contributed by atoms with Crippen molar-refractivity contribution < 1.29 is 9.47 Å². The monoisotopic (exact) mass is 466 g/mol. The minimum Gasteiger partial charge on any atom is -0.379 e. The number of benzene rings is 1. The molecular weight excluding hydrogens is 428 g/mol. The second kappa shape index (κ2) is 11.0. The summed E-state index contributed by atoms with van der Waals surface area (Å²) >= 11 is 0. The summed E-state index contributed by atoms with van der Waals surface area (Å²) in [6.45, 7) is 12.8. The van der Waals surface area contributed by atoms with Crippen LogP contribution in [0.5, 0.6) is 0 Å². The molecule has 3 aliphatic heterocycles. The van der Waals surface area contributed by atoms with Crippen LogP contribution in [0.2, 0.25) is 0 Å². The first-order valence-corrected chi connectivity index (χ1v) is 12.7. The Kier molecular flexibility index (Phi) is 7.59. The summed E-state index contributed by atoms with van der Waals surface area (Å²) in [6.07, 6.45) is 2.08. The fourth-order valence-corrected chi connectivity index (χ4v) is 4.90. The predicted octanol–water partition coefficient (Wildman–Crippen LogP) is 2.49. The average molecular weight is 467 g/mol. The van der Waals surface area contributed by atoms with Crippen LogP contribution in [0.25, 0.3) is 11.4 Å². The van der Waals surface area contributed by atoms with Crippen LogP contribution in [-0.4, -0.2) is 98.5 Å². The van der Waals surface area contributed by atoms with E-state index >= 15 is 0 Å². The third kappa shape index (κ3) is 5.68. The average Bonchev–Trinajstić information content (AvgIpc) is 2.87. The van der Waals surface area contributed by atoms with E-state index in [1.165, 1.54) is 5.69 Å². The molecule has 0 spiro atoms. The van der Waals surface area contributed by atoms with Gasteiger partial charge in [-0.2, -0.15) is 0 Å². The van der Waals surface area contributed by atoms with Gasteiger partial charge in [0.25, 0.3) is 0 Å². The largest absolute Gasteiger partial charge is 0.379 e. The van der Waals surface area contributed by atoms with E-state index in [2.05, 4.69) is 58.3 Å². The Morgan fingerprint density at radius 3 is 2.53 bits per heavy atom. The van der Waals surface area contributed by atoms with Crippen LogP contribution in [-0.2, 0) is 22.5 Å². The minimum atomic E-state index is 0.184. The number of nitrogens with zero attached hydrogens (tertiary/aromatic N) is 5. The molecule has 3 aliphatic rings. The molecule has 2 fully saturated rings. The van der Waals surface area contributed by atoms with Crippen molar-refractivity contribution in [1.29, 1.82) is 0 Å². The lowest BCUT2D eigenvalue weighted by Gasteiger charge is -2.34. The van der Waals surface area contributed by atoms with E-state index in [4.69, 9.17) is 19.4 Å². The van der Waals surface area contributed by atoms with Crippen molar-refractivity contribution in [2.75, 3.05) is 82.8 Å². The highest BCUT2D eigenvalue weighted by Crippen LogP contribution is 2.29. The molecule has 2 aromatic rings. The molecule has 8 heteroatoms. The number of hydrogen-bond acceptors (Lipinski definition) is 8. The lowest BCUT2D eigenvalue weighted by Crippen LogP contribution is -2.44. The van der Waals surface area contributed by atoms with Crippen molar-refractivity contribution in [2.24, 2.45) is 0 Å². The molecule has 0 bridgehead atoms. The first-order valence-electron chi connectivity index (χ1n) is 12.7. The van der Waals surface area contributed by atoms with Crippen molar-refractivity contribution in [2.45, 2.75) is 32.5 Å². The molecule has 1 aromatic carbocycles. The molecule has 8 nitrogen and oxygen atoms in total. The standard InChI is InChI=1S/C26H38N6O2/c1-20-18-24-23(19-34-20)26(27-8-3-9-31-14-16-33-17-15-31)29-25(28-24)21-4-6-22(7-5-21)32-12-10-30(2)11-13-32/h4-7,20H,3,8-19H2,1-2H3,(H,27,28,29). The number of rotatable bonds is 7. The summed E-state index contributed by atoms with van der Waals surface area (Å²) in [5.74, 6) is 1.73. The number of nitrogens with one attached hydrogen (secondary N) is 1. The molecule has 0 amide bonds. The predicted molar refractivity (Wildman–Crippen MR) is 135 cm³/mol. The molecule has 1 unspecified atom stereocenters. The van der Waals surface area contributed by atoms with E-state index in [1.807, 2.05) is 0 Å². The maximum Gasteiger partial charge on any atom is 0.161 e. The van der Waals surface area contributed by atoms with Crippen molar-refractivity contribution in [1.82, 2.24) is 19.8 Å². The number of anilines is 2. The number of hydrogen-bond donors (Lipinski definition) is 1. The van der Waals surface area contributed by atoms with Gasteiger partial charge in [-0.1, -0.05) is 0 Å². The zero-order chi connectivity index (χ0) is 23.3. The number of piperazine rings is 1. The van der Waals surface area contributed by atoms with Crippen LogP contribution in [0.4, 0.5) is 11.5 Å². The summed E-state index contributed by atoms with van der Waals surface area (Å²) in [4.78, 5) is 17.2. The van der Waals surface area contributed by atoms with E-state index < -0.39 is 0 Å². The van der Waals surface area contributed by atoms with Crippen LogP contribution >= 0.6 is 0 Å². The maximum absolute atomic E-state index is 5.93. The van der Waals surface area contributed by atoms with Gasteiger partial charge in [0.2, 0.25) is 0 Å². The Morgan fingerprint density at radius 1 is 1.00 bits per heavy atom. The zero-order valence-corrected chi connectivity index (χ0v) is 20.6. The van der Waals surface area contributed by atoms with Gasteiger partial charge >= 0.3 is 0 Å². The van der Waals surface area contributed by atoms with E-state index in [1.54, 1.807) is 0 Å². The number of likely N-dealkylation sites (N-methyl/N-ethyl adjacent to an activating group) is 1. The van der Waals surface area contributed by atoms with Gasteiger partial charge in [0.15, 0.2) is 5.82 Å². The number of fused-ring (bicyclic) bond motifs is 1. The normalized spacial score (nSPS) is 21.9. The molecule has 5 rings (SSSR count). The van der Waals surface area contributed by atoms with E-state index in [0.29, 0.717) is 6.61 Å². The molecule has 0 aliphatic carbocycles. The molecular formula is C26H38N6O2. The molecule has 0 radical (unpaired) electrons. The van der Waals surface area contributed by atoms with Crippen LogP contribution in [0.3, 0.4) is 0 Å². The van der Waals surface area contributed by atoms with Crippen molar-refractivity contribution in [3.63, 3.8) is 0 Å². The van der Waals surface area contributed by atoms with Crippen molar-refractivity contribution in [3.8, 4) is 11.4 Å². The number of morpholine rings is 1. The van der Waals surface area contributed by atoms with Gasteiger partial charge in [-0.05, 0) is 51.2 Å². The van der Waals surface area contributed by atoms with Crippen LogP contribution in [0, 0.1) is 0 Å². The highest BCUT2D eigenvalue weighted by atomic mass is 16.5. The van der Waals surface area contributed by atoms with Crippen LogP contribution in [0.15, 0.2) is 24.3 Å². The summed E-state index contributed by atoms with van der Waals surface area (Å²) in [5, 5.41) is 3.60. The van der Waals surface area contributed by atoms with E-state index in [9.17, 15) is 0 Å². The molecule has 1 aromatic heterocycles. The first-order chi connectivity index (χ1) is 16.7. The molecule has 1 N–H and O–H groups in total. The molecule has 4 heterocycles. The smallest absolute Gasteiger partial charge is 0.161 e. The summed E-state index contributed by atoms with van der Waals surface area (Å²) in [5.41, 5.74) is 4.57. The van der Waals surface area contributed by atoms with E-state index in [-0.39, 0.29) is 6.10 Å².